The van der Waals surface area contributed by atoms with Crippen molar-refractivity contribution in [3.8, 4) is 11.3 Å². The van der Waals surface area contributed by atoms with E-state index in [1.807, 2.05) is 6.07 Å². The number of rotatable bonds is 7. The van der Waals surface area contributed by atoms with Gasteiger partial charge in [-0.3, -0.25) is 9.78 Å². The predicted octanol–water partition coefficient (Wildman–Crippen LogP) is 5.64. The number of halogens is 4. The molecule has 1 saturated carbocycles. The average Bonchev–Trinajstić information content (AvgIpc) is 3.52. The lowest BCUT2D eigenvalue weighted by Crippen LogP contribution is -2.42. The van der Waals surface area contributed by atoms with Crippen LogP contribution in [0, 0.1) is 23.4 Å². The molecule has 6 rings (SSSR count). The van der Waals surface area contributed by atoms with Gasteiger partial charge in [0.25, 0.3) is 0 Å². The van der Waals surface area contributed by atoms with E-state index in [9.17, 15) is 9.18 Å². The molecule has 4 aromatic rings. The minimum atomic E-state index is -1.96. The molecular formula is C32H32F4N6O2. The second-order valence-corrected chi connectivity index (χ2v) is 11.8. The van der Waals surface area contributed by atoms with Gasteiger partial charge in [-0.2, -0.15) is 0 Å². The van der Waals surface area contributed by atoms with Crippen LogP contribution in [0.25, 0.3) is 11.3 Å². The lowest BCUT2D eigenvalue weighted by atomic mass is 9.72. The first-order valence-corrected chi connectivity index (χ1v) is 14.6. The first-order chi connectivity index (χ1) is 21.1. The molecule has 0 unspecified atom stereocenters. The Balaban J connectivity index is 1.25. The highest BCUT2D eigenvalue weighted by Gasteiger charge is 2.38. The van der Waals surface area contributed by atoms with Crippen molar-refractivity contribution >= 4 is 5.78 Å². The van der Waals surface area contributed by atoms with E-state index in [1.54, 1.807) is 29.5 Å². The van der Waals surface area contributed by atoms with E-state index in [2.05, 4.69) is 27.2 Å². The Labute approximate surface area is 251 Å². The fraction of sp³-hybridized carbons (Fsp3) is 0.406. The highest BCUT2D eigenvalue weighted by Crippen LogP contribution is 2.42. The number of aromatic nitrogens is 5. The molecule has 1 aliphatic heterocycles. The predicted molar refractivity (Wildman–Crippen MR) is 153 cm³/mol. The van der Waals surface area contributed by atoms with E-state index in [1.165, 1.54) is 6.07 Å². The van der Waals surface area contributed by atoms with E-state index >= 15 is 13.2 Å². The van der Waals surface area contributed by atoms with E-state index in [4.69, 9.17) is 10.5 Å². The number of benzene rings is 1. The van der Waals surface area contributed by atoms with Crippen LogP contribution in [0.15, 0.2) is 55.1 Å². The maximum Gasteiger partial charge on any atom is 0.185 e. The molecule has 2 fully saturated rings. The molecule has 0 amide bonds. The molecule has 4 heterocycles. The Morgan fingerprint density at radius 1 is 1.07 bits per heavy atom. The Hall–Kier alpha value is -4.03. The highest BCUT2D eigenvalue weighted by atomic mass is 19.1. The molecule has 1 aliphatic carbocycles. The van der Waals surface area contributed by atoms with Crippen LogP contribution in [0.3, 0.4) is 0 Å². The summed E-state index contributed by atoms with van der Waals surface area (Å²) in [4.78, 5) is 21.7. The lowest BCUT2D eigenvalue weighted by Gasteiger charge is -2.39. The van der Waals surface area contributed by atoms with Crippen LogP contribution in [0.4, 0.5) is 17.6 Å². The van der Waals surface area contributed by atoms with Gasteiger partial charge >= 0.3 is 0 Å². The molecule has 0 bridgehead atoms. The summed E-state index contributed by atoms with van der Waals surface area (Å²) in [6.45, 7) is 2.35. The molecule has 0 radical (unpaired) electrons. The Kier molecular flexibility index (Phi) is 8.30. The second-order valence-electron chi connectivity index (χ2n) is 11.8. The third-order valence-corrected chi connectivity index (χ3v) is 8.93. The molecule has 12 heteroatoms. The number of alkyl halides is 1. The van der Waals surface area contributed by atoms with Gasteiger partial charge in [-0.15, -0.1) is 5.10 Å². The third kappa shape index (κ3) is 5.75. The van der Waals surface area contributed by atoms with Gasteiger partial charge in [-0.05, 0) is 71.7 Å². The number of ketones is 1. The van der Waals surface area contributed by atoms with Gasteiger partial charge in [0.2, 0.25) is 0 Å². The number of Topliss-reactive ketones (excluding diaryl/α,β-unsaturated/α-hetero) is 1. The highest BCUT2D eigenvalue weighted by molar-refractivity contribution is 5.96. The summed E-state index contributed by atoms with van der Waals surface area (Å²) in [7, 11) is 0. The van der Waals surface area contributed by atoms with Crippen molar-refractivity contribution in [2.24, 2.45) is 11.7 Å². The van der Waals surface area contributed by atoms with Crippen molar-refractivity contribution in [3.05, 3.63) is 95.0 Å². The fourth-order valence-corrected chi connectivity index (χ4v) is 6.72. The van der Waals surface area contributed by atoms with Gasteiger partial charge in [-0.25, -0.2) is 27.2 Å². The molecule has 3 aromatic heterocycles. The first kappa shape index (κ1) is 30.0. The summed E-state index contributed by atoms with van der Waals surface area (Å²) in [5.41, 5.74) is 4.47. The summed E-state index contributed by atoms with van der Waals surface area (Å²) < 4.78 is 67.8. The molecule has 1 saturated heterocycles. The zero-order valence-electron chi connectivity index (χ0n) is 24.1. The van der Waals surface area contributed by atoms with Crippen molar-refractivity contribution < 1.29 is 27.1 Å². The zero-order chi connectivity index (χ0) is 31.0. The quantitative estimate of drug-likeness (QED) is 0.214. The van der Waals surface area contributed by atoms with Crippen LogP contribution < -0.4 is 5.73 Å². The number of hydrogen-bond acceptors (Lipinski definition) is 7. The van der Waals surface area contributed by atoms with Crippen LogP contribution in [0.5, 0.6) is 0 Å². The van der Waals surface area contributed by atoms with Crippen molar-refractivity contribution in [2.75, 3.05) is 13.2 Å². The largest absolute Gasteiger partial charge is 0.381 e. The van der Waals surface area contributed by atoms with Gasteiger partial charge in [-0.1, -0.05) is 12.1 Å². The van der Waals surface area contributed by atoms with Crippen molar-refractivity contribution in [1.29, 1.82) is 0 Å². The minimum absolute atomic E-state index is 0.00974. The number of carbonyl (C=O) groups excluding carboxylic acids is 1. The second kappa shape index (κ2) is 12.2. The maximum atomic E-state index is 15.4. The number of nitrogens with two attached hydrogens (primary N) is 1. The van der Waals surface area contributed by atoms with Crippen LogP contribution >= 0.6 is 0 Å². The standard InChI is InChI=1S/C32H32F4N6O2/c1-18-12-19(13-26(37)31(18)42-9-8-39-41-42)22-4-7-38-17-20(22)14-28(43)27-3-2-23(33)30(40-27)29-24(34)15-21(16-25(29)35)32(36)5-10-44-11-6-32/h2-4,7-9,15-19,26,31H,5-6,10-14,37H2,1H3/t18-,19+,26+,31-/m0/s1. The van der Waals surface area contributed by atoms with Crippen molar-refractivity contribution in [3.63, 3.8) is 0 Å². The van der Waals surface area contributed by atoms with E-state index in [0.717, 1.165) is 30.2 Å². The van der Waals surface area contributed by atoms with Gasteiger partial charge in [0.05, 0.1) is 17.8 Å². The number of carbonyl (C=O) groups is 1. The monoisotopic (exact) mass is 608 g/mol. The first-order valence-electron chi connectivity index (χ1n) is 14.6. The summed E-state index contributed by atoms with van der Waals surface area (Å²) in [6, 6.07) is 5.53. The topological polar surface area (TPSA) is 109 Å². The van der Waals surface area contributed by atoms with Crippen LogP contribution in [-0.2, 0) is 16.8 Å². The number of pyridine rings is 2. The smallest absolute Gasteiger partial charge is 0.185 e. The SMILES string of the molecule is C[C@H]1C[C@@H](c2ccncc2CC(=O)c2ccc(F)c(-c3c(F)cc(C4(F)CCOCC4)cc3F)n2)C[C@@H](N)[C@H]1n1ccnn1. The van der Waals surface area contributed by atoms with E-state index < -0.39 is 40.2 Å². The van der Waals surface area contributed by atoms with Crippen LogP contribution in [0.1, 0.15) is 71.7 Å². The van der Waals surface area contributed by atoms with Gasteiger partial charge in [0, 0.05) is 57.1 Å². The van der Waals surface area contributed by atoms with Crippen LogP contribution in [-0.4, -0.2) is 50.0 Å². The summed E-state index contributed by atoms with van der Waals surface area (Å²) in [6.07, 6.45) is 7.94. The molecule has 0 spiro atoms. The number of hydrogen-bond donors (Lipinski definition) is 1. The average molecular weight is 609 g/mol. The summed E-state index contributed by atoms with van der Waals surface area (Å²) in [5, 5.41) is 8.04. The number of ether oxygens (including phenoxy) is 1. The molecule has 230 valence electrons. The van der Waals surface area contributed by atoms with Crippen LogP contribution in [0.2, 0.25) is 0 Å². The molecular weight excluding hydrogens is 576 g/mol. The van der Waals surface area contributed by atoms with E-state index in [0.29, 0.717) is 12.0 Å². The Morgan fingerprint density at radius 3 is 2.50 bits per heavy atom. The molecule has 8 nitrogen and oxygen atoms in total. The summed E-state index contributed by atoms with van der Waals surface area (Å²) in [5.74, 6) is -3.59. The van der Waals surface area contributed by atoms with E-state index in [-0.39, 0.29) is 67.7 Å². The molecule has 2 aliphatic rings. The van der Waals surface area contributed by atoms with Gasteiger partial charge in [0.15, 0.2) is 5.78 Å². The summed E-state index contributed by atoms with van der Waals surface area (Å²) >= 11 is 0. The van der Waals surface area contributed by atoms with Crippen molar-refractivity contribution in [2.45, 2.75) is 62.7 Å². The Bertz CT molecular complexity index is 1630. The van der Waals surface area contributed by atoms with Gasteiger partial charge in [0.1, 0.15) is 34.5 Å². The molecule has 1 aromatic carbocycles. The Morgan fingerprint density at radius 2 is 1.82 bits per heavy atom. The molecule has 2 N–H and O–H groups in total. The normalized spacial score (nSPS) is 23.4. The fourth-order valence-electron chi connectivity index (χ4n) is 6.72. The molecule has 4 atom stereocenters. The molecule has 44 heavy (non-hydrogen) atoms. The zero-order valence-corrected chi connectivity index (χ0v) is 24.1. The minimum Gasteiger partial charge on any atom is -0.381 e. The number of nitrogens with zero attached hydrogens (tertiary/aromatic N) is 5. The van der Waals surface area contributed by atoms with Gasteiger partial charge < -0.3 is 10.5 Å². The maximum absolute atomic E-state index is 15.4. The lowest BCUT2D eigenvalue weighted by molar-refractivity contribution is -0.0117. The van der Waals surface area contributed by atoms with Crippen molar-refractivity contribution in [1.82, 2.24) is 25.0 Å². The third-order valence-electron chi connectivity index (χ3n) is 8.93.